The first-order chi connectivity index (χ1) is 17.8. The highest BCUT2D eigenvalue weighted by Gasteiger charge is 2.31. The number of anilines is 2. The molecule has 0 saturated carbocycles. The molecule has 6 nitrogen and oxygen atoms in total. The molecule has 1 N–H and O–H groups in total. The summed E-state index contributed by atoms with van der Waals surface area (Å²) >= 11 is 1.45. The molecule has 2 aromatic carbocycles. The minimum absolute atomic E-state index is 0.0262. The number of rotatable bonds is 6. The van der Waals surface area contributed by atoms with Crippen molar-refractivity contribution in [3.63, 3.8) is 0 Å². The van der Waals surface area contributed by atoms with Gasteiger partial charge >= 0.3 is 6.18 Å². The van der Waals surface area contributed by atoms with Crippen LogP contribution >= 0.6 is 11.3 Å². The van der Waals surface area contributed by atoms with Gasteiger partial charge in [-0.25, -0.2) is 15.0 Å². The molecule has 192 valence electrons. The standard InChI is InChI=1S/C27H27F3N6S/c1-18(19-7-4-3-5-8-19)32-25-31-12-11-22(33-25)24-23(20-9-6-10-21(17-20)27(28,29)30)34-26(37-24)36-15-13-35(2)14-16-36/h3-12,17-18H,13-16H2,1-2H3,(H,31,32,33)/t18-/m0/s1. The number of halogens is 3. The maximum absolute atomic E-state index is 13.5. The van der Waals surface area contributed by atoms with Gasteiger partial charge in [0.2, 0.25) is 5.95 Å². The van der Waals surface area contributed by atoms with Gasteiger partial charge in [0.1, 0.15) is 0 Å². The number of benzene rings is 2. The van der Waals surface area contributed by atoms with Crippen molar-refractivity contribution < 1.29 is 13.2 Å². The van der Waals surface area contributed by atoms with Gasteiger partial charge in [-0.05, 0) is 37.7 Å². The van der Waals surface area contributed by atoms with Crippen molar-refractivity contribution in [1.82, 2.24) is 19.9 Å². The zero-order valence-electron chi connectivity index (χ0n) is 20.5. The fourth-order valence-corrected chi connectivity index (χ4v) is 5.34. The SMILES string of the molecule is C[C@H](Nc1nccc(-c2sc(N3CCN(C)CC3)nc2-c2cccc(C(F)(F)F)c2)n1)c1ccccc1. The Hall–Kier alpha value is -3.50. The van der Waals surface area contributed by atoms with E-state index in [0.717, 1.165) is 49.0 Å². The van der Waals surface area contributed by atoms with Crippen molar-refractivity contribution in [2.75, 3.05) is 43.4 Å². The average molecular weight is 525 g/mol. The van der Waals surface area contributed by atoms with Gasteiger partial charge in [0, 0.05) is 37.9 Å². The minimum atomic E-state index is -4.44. The monoisotopic (exact) mass is 524 g/mol. The summed E-state index contributed by atoms with van der Waals surface area (Å²) in [5, 5.41) is 4.11. The summed E-state index contributed by atoms with van der Waals surface area (Å²) in [4.78, 5) is 19.1. The smallest absolute Gasteiger partial charge is 0.348 e. The molecule has 5 rings (SSSR count). The molecule has 0 bridgehead atoms. The van der Waals surface area contributed by atoms with Crippen LogP contribution in [0.5, 0.6) is 0 Å². The molecule has 1 atom stereocenters. The minimum Gasteiger partial charge on any atom is -0.348 e. The summed E-state index contributed by atoms with van der Waals surface area (Å²) in [7, 11) is 2.07. The van der Waals surface area contributed by atoms with Crippen molar-refractivity contribution in [2.45, 2.75) is 19.1 Å². The predicted octanol–water partition coefficient (Wildman–Crippen LogP) is 6.21. The number of nitrogens with one attached hydrogen (secondary N) is 1. The second-order valence-electron chi connectivity index (χ2n) is 9.09. The van der Waals surface area contributed by atoms with Crippen molar-refractivity contribution in [3.05, 3.63) is 78.0 Å². The molecule has 0 aliphatic carbocycles. The van der Waals surface area contributed by atoms with Crippen LogP contribution < -0.4 is 10.2 Å². The number of thiazole rings is 1. The lowest BCUT2D eigenvalue weighted by Crippen LogP contribution is -2.44. The fraction of sp³-hybridized carbons (Fsp3) is 0.296. The topological polar surface area (TPSA) is 57.2 Å². The summed E-state index contributed by atoms with van der Waals surface area (Å²) in [6.45, 7) is 5.42. The lowest BCUT2D eigenvalue weighted by molar-refractivity contribution is -0.137. The normalized spacial score (nSPS) is 15.5. The number of hydrogen-bond acceptors (Lipinski definition) is 7. The zero-order valence-corrected chi connectivity index (χ0v) is 21.4. The number of nitrogens with zero attached hydrogens (tertiary/aromatic N) is 5. The number of aromatic nitrogens is 3. The highest BCUT2D eigenvalue weighted by Crippen LogP contribution is 2.41. The maximum Gasteiger partial charge on any atom is 0.416 e. The molecule has 10 heteroatoms. The van der Waals surface area contributed by atoms with Crippen LogP contribution in [0.2, 0.25) is 0 Å². The Bertz CT molecular complexity index is 1350. The summed E-state index contributed by atoms with van der Waals surface area (Å²) in [5.41, 5.74) is 1.91. The molecule has 1 saturated heterocycles. The van der Waals surface area contributed by atoms with Crippen LogP contribution in [0.3, 0.4) is 0 Å². The molecule has 0 amide bonds. The van der Waals surface area contributed by atoms with Gasteiger partial charge in [-0.3, -0.25) is 0 Å². The molecular formula is C27H27F3N6S. The van der Waals surface area contributed by atoms with Crippen LogP contribution in [0.4, 0.5) is 24.3 Å². The number of piperazine rings is 1. The van der Waals surface area contributed by atoms with E-state index in [4.69, 9.17) is 9.97 Å². The number of alkyl halides is 3. The van der Waals surface area contributed by atoms with Gasteiger partial charge in [0.05, 0.1) is 27.9 Å². The Morgan fingerprint density at radius 2 is 1.70 bits per heavy atom. The first kappa shape index (κ1) is 25.2. The average Bonchev–Trinajstić information content (AvgIpc) is 3.35. The number of hydrogen-bond donors (Lipinski definition) is 1. The maximum atomic E-state index is 13.5. The quantitative estimate of drug-likeness (QED) is 0.324. The summed E-state index contributed by atoms with van der Waals surface area (Å²) in [5.74, 6) is 0.443. The third kappa shape index (κ3) is 5.75. The van der Waals surface area contributed by atoms with Crippen LogP contribution in [-0.4, -0.2) is 53.1 Å². The van der Waals surface area contributed by atoms with Crippen molar-refractivity contribution in [2.24, 2.45) is 0 Å². The fourth-order valence-electron chi connectivity index (χ4n) is 4.23. The van der Waals surface area contributed by atoms with E-state index < -0.39 is 11.7 Å². The largest absolute Gasteiger partial charge is 0.416 e. The molecule has 0 unspecified atom stereocenters. The van der Waals surface area contributed by atoms with E-state index in [9.17, 15) is 13.2 Å². The molecule has 4 aromatic rings. The van der Waals surface area contributed by atoms with Gasteiger partial charge in [0.25, 0.3) is 0 Å². The predicted molar refractivity (Wildman–Crippen MR) is 142 cm³/mol. The molecule has 0 spiro atoms. The Morgan fingerprint density at radius 1 is 0.946 bits per heavy atom. The van der Waals surface area contributed by atoms with E-state index in [1.54, 1.807) is 18.3 Å². The highest BCUT2D eigenvalue weighted by atomic mass is 32.1. The number of likely N-dealkylation sites (N-methyl/N-ethyl adjacent to an activating group) is 1. The third-order valence-electron chi connectivity index (χ3n) is 6.39. The van der Waals surface area contributed by atoms with Crippen LogP contribution in [0.25, 0.3) is 21.8 Å². The van der Waals surface area contributed by atoms with Gasteiger partial charge in [0.15, 0.2) is 5.13 Å². The molecular weight excluding hydrogens is 497 g/mol. The van der Waals surface area contributed by atoms with E-state index in [1.165, 1.54) is 17.4 Å². The second-order valence-corrected chi connectivity index (χ2v) is 10.1. The molecule has 1 aliphatic rings. The molecule has 1 fully saturated rings. The van der Waals surface area contributed by atoms with Crippen molar-refractivity contribution >= 4 is 22.4 Å². The van der Waals surface area contributed by atoms with Crippen LogP contribution in [0.15, 0.2) is 66.9 Å². The molecule has 2 aromatic heterocycles. The highest BCUT2D eigenvalue weighted by molar-refractivity contribution is 7.19. The Morgan fingerprint density at radius 3 is 2.43 bits per heavy atom. The van der Waals surface area contributed by atoms with Crippen molar-refractivity contribution in [1.29, 1.82) is 0 Å². The zero-order chi connectivity index (χ0) is 26.0. The van der Waals surface area contributed by atoms with E-state index in [2.05, 4.69) is 27.1 Å². The first-order valence-electron chi connectivity index (χ1n) is 12.0. The second kappa shape index (κ2) is 10.5. The van der Waals surface area contributed by atoms with Gasteiger partial charge in [-0.15, -0.1) is 0 Å². The Labute approximate surface area is 217 Å². The Kier molecular flexibility index (Phi) is 7.12. The van der Waals surface area contributed by atoms with Gasteiger partial charge < -0.3 is 15.1 Å². The first-order valence-corrected chi connectivity index (χ1v) is 12.9. The molecule has 3 heterocycles. The van der Waals surface area contributed by atoms with Crippen molar-refractivity contribution in [3.8, 4) is 21.8 Å². The molecule has 0 radical (unpaired) electrons. The van der Waals surface area contributed by atoms with Gasteiger partial charge in [-0.2, -0.15) is 13.2 Å². The summed E-state index contributed by atoms with van der Waals surface area (Å²) in [6.07, 6.45) is -2.78. The van der Waals surface area contributed by atoms with Gasteiger partial charge in [-0.1, -0.05) is 53.8 Å². The third-order valence-corrected chi connectivity index (χ3v) is 7.53. The lowest BCUT2D eigenvalue weighted by Gasteiger charge is -2.32. The van der Waals surface area contributed by atoms with Crippen LogP contribution in [0.1, 0.15) is 24.1 Å². The lowest BCUT2D eigenvalue weighted by atomic mass is 10.1. The van der Waals surface area contributed by atoms with E-state index in [0.29, 0.717) is 27.8 Å². The Balaban J connectivity index is 1.53. The summed E-state index contributed by atoms with van der Waals surface area (Å²) < 4.78 is 40.5. The molecule has 37 heavy (non-hydrogen) atoms. The van der Waals surface area contributed by atoms with Crippen LogP contribution in [0, 0.1) is 0 Å². The van der Waals surface area contributed by atoms with E-state index in [1.807, 2.05) is 37.3 Å². The van der Waals surface area contributed by atoms with E-state index >= 15 is 0 Å². The van der Waals surface area contributed by atoms with Crippen LogP contribution in [-0.2, 0) is 6.18 Å². The molecule has 1 aliphatic heterocycles. The summed E-state index contributed by atoms with van der Waals surface area (Å²) in [6, 6.07) is 17.0. The van der Waals surface area contributed by atoms with E-state index in [-0.39, 0.29) is 6.04 Å².